The summed E-state index contributed by atoms with van der Waals surface area (Å²) < 4.78 is 0. The number of carboxylic acids is 1. The molecule has 0 aromatic carbocycles. The molecule has 0 bridgehead atoms. The van der Waals surface area contributed by atoms with E-state index in [1.165, 1.54) is 0 Å². The largest absolute Gasteiger partial charge is 0.480 e. The summed E-state index contributed by atoms with van der Waals surface area (Å²) in [6.45, 7) is 2.06. The van der Waals surface area contributed by atoms with E-state index in [1.807, 2.05) is 12.2 Å². The molecule has 100 valence electrons. The van der Waals surface area contributed by atoms with Crippen LogP contribution in [-0.2, 0) is 9.59 Å². The Hall–Kier alpha value is -0.970. The average molecular weight is 269 g/mol. The fraction of sp³-hybridized carbons (Fsp3) is 0.692. The second kappa shape index (κ2) is 5.78. The number of thioether (sulfide) groups is 1. The first-order chi connectivity index (χ1) is 8.65. The average Bonchev–Trinajstić information content (AvgIpc) is 2.97. The first kappa shape index (κ1) is 13.5. The van der Waals surface area contributed by atoms with Crippen LogP contribution < -0.4 is 0 Å². The molecule has 0 saturated carbocycles. The van der Waals surface area contributed by atoms with Crippen molar-refractivity contribution >= 4 is 23.6 Å². The number of hydrogen-bond donors (Lipinski definition) is 1. The smallest absolute Gasteiger partial charge is 0.327 e. The standard InChI is InChI=1S/C13H19NO3S/c1-2-5-11-14(10(8-18-11)13(16)17)12(15)9-6-3-4-7-9/h3-4,9-11H,2,5-8H2,1H3,(H,16,17). The van der Waals surface area contributed by atoms with Gasteiger partial charge < -0.3 is 10.0 Å². The number of carbonyl (C=O) groups is 2. The summed E-state index contributed by atoms with van der Waals surface area (Å²) in [5.74, 6) is -0.368. The molecule has 0 spiro atoms. The highest BCUT2D eigenvalue weighted by molar-refractivity contribution is 8.00. The molecule has 0 aromatic heterocycles. The maximum absolute atomic E-state index is 12.5. The van der Waals surface area contributed by atoms with Gasteiger partial charge in [0, 0.05) is 11.7 Å². The van der Waals surface area contributed by atoms with Gasteiger partial charge in [0.1, 0.15) is 6.04 Å². The predicted molar refractivity (Wildman–Crippen MR) is 71.3 cm³/mol. The Labute approximate surface area is 111 Å². The quantitative estimate of drug-likeness (QED) is 0.794. The molecular weight excluding hydrogens is 250 g/mol. The summed E-state index contributed by atoms with van der Waals surface area (Å²) in [7, 11) is 0. The molecule has 0 aromatic rings. The second-order valence-corrected chi connectivity index (χ2v) is 6.03. The third-order valence-electron chi connectivity index (χ3n) is 3.52. The first-order valence-electron chi connectivity index (χ1n) is 6.46. The fourth-order valence-corrected chi connectivity index (χ4v) is 4.07. The highest BCUT2D eigenvalue weighted by Gasteiger charge is 2.43. The van der Waals surface area contributed by atoms with Gasteiger partial charge in [0.05, 0.1) is 5.37 Å². The molecule has 2 rings (SSSR count). The number of hydrogen-bond acceptors (Lipinski definition) is 3. The van der Waals surface area contributed by atoms with Gasteiger partial charge >= 0.3 is 5.97 Å². The van der Waals surface area contributed by atoms with E-state index < -0.39 is 12.0 Å². The number of carbonyl (C=O) groups excluding carboxylic acids is 1. The minimum Gasteiger partial charge on any atom is -0.480 e. The molecule has 2 unspecified atom stereocenters. The third-order valence-corrected chi connectivity index (χ3v) is 4.88. The van der Waals surface area contributed by atoms with Gasteiger partial charge in [-0.3, -0.25) is 4.79 Å². The van der Waals surface area contributed by atoms with Gasteiger partial charge in [-0.15, -0.1) is 11.8 Å². The van der Waals surface area contributed by atoms with Gasteiger partial charge in [-0.05, 0) is 19.3 Å². The SMILES string of the molecule is CCCC1SCC(C(=O)O)N1C(=O)C1CC=CC1. The Morgan fingerprint density at radius 2 is 2.06 bits per heavy atom. The predicted octanol–water partition coefficient (Wildman–Crippen LogP) is 2.11. The van der Waals surface area contributed by atoms with Crippen molar-refractivity contribution in [1.82, 2.24) is 4.90 Å². The van der Waals surface area contributed by atoms with E-state index in [2.05, 4.69) is 6.92 Å². The van der Waals surface area contributed by atoms with Crippen molar-refractivity contribution in [1.29, 1.82) is 0 Å². The van der Waals surface area contributed by atoms with Gasteiger partial charge in [0.15, 0.2) is 0 Å². The molecule has 1 aliphatic heterocycles. The lowest BCUT2D eigenvalue weighted by atomic mass is 10.0. The number of nitrogens with zero attached hydrogens (tertiary/aromatic N) is 1. The van der Waals surface area contributed by atoms with Crippen molar-refractivity contribution in [3.63, 3.8) is 0 Å². The van der Waals surface area contributed by atoms with E-state index in [1.54, 1.807) is 16.7 Å². The zero-order valence-corrected chi connectivity index (χ0v) is 11.4. The zero-order chi connectivity index (χ0) is 13.1. The van der Waals surface area contributed by atoms with E-state index >= 15 is 0 Å². The van der Waals surface area contributed by atoms with Crippen LogP contribution in [0.25, 0.3) is 0 Å². The first-order valence-corrected chi connectivity index (χ1v) is 7.51. The normalized spacial score (nSPS) is 27.9. The number of rotatable bonds is 4. The minimum absolute atomic E-state index is 0.0239. The van der Waals surface area contributed by atoms with Crippen molar-refractivity contribution in [2.24, 2.45) is 5.92 Å². The molecular formula is C13H19NO3S. The lowest BCUT2D eigenvalue weighted by molar-refractivity contribution is -0.150. The van der Waals surface area contributed by atoms with E-state index in [0.717, 1.165) is 25.7 Å². The Morgan fingerprint density at radius 1 is 1.39 bits per heavy atom. The Morgan fingerprint density at radius 3 is 2.61 bits per heavy atom. The van der Waals surface area contributed by atoms with Crippen LogP contribution in [-0.4, -0.2) is 39.1 Å². The van der Waals surface area contributed by atoms with E-state index in [9.17, 15) is 14.7 Å². The maximum Gasteiger partial charge on any atom is 0.327 e. The topological polar surface area (TPSA) is 57.6 Å². The van der Waals surface area contributed by atoms with Crippen molar-refractivity contribution in [3.8, 4) is 0 Å². The van der Waals surface area contributed by atoms with Crippen molar-refractivity contribution in [3.05, 3.63) is 12.2 Å². The van der Waals surface area contributed by atoms with Crippen molar-refractivity contribution < 1.29 is 14.7 Å². The molecule has 1 amide bonds. The number of aliphatic carboxylic acids is 1. The molecule has 4 nitrogen and oxygen atoms in total. The van der Waals surface area contributed by atoms with Gasteiger partial charge in [-0.2, -0.15) is 0 Å². The lowest BCUT2D eigenvalue weighted by Crippen LogP contribution is -2.47. The number of carboxylic acid groups (broad SMARTS) is 1. The summed E-state index contributed by atoms with van der Waals surface area (Å²) in [4.78, 5) is 25.3. The summed E-state index contributed by atoms with van der Waals surface area (Å²) >= 11 is 1.60. The summed E-state index contributed by atoms with van der Waals surface area (Å²) in [5, 5.41) is 9.28. The lowest BCUT2D eigenvalue weighted by Gasteiger charge is -2.29. The monoisotopic (exact) mass is 269 g/mol. The Kier molecular flexibility index (Phi) is 4.32. The summed E-state index contributed by atoms with van der Waals surface area (Å²) in [5.41, 5.74) is 0. The fourth-order valence-electron chi connectivity index (χ4n) is 2.55. The molecule has 1 aliphatic carbocycles. The molecule has 18 heavy (non-hydrogen) atoms. The van der Waals surface area contributed by atoms with Crippen LogP contribution in [0.3, 0.4) is 0 Å². The van der Waals surface area contributed by atoms with Crippen molar-refractivity contribution in [2.75, 3.05) is 5.75 Å². The Balaban J connectivity index is 2.12. The molecule has 1 heterocycles. The summed E-state index contributed by atoms with van der Waals surface area (Å²) in [6.07, 6.45) is 7.38. The maximum atomic E-state index is 12.5. The molecule has 0 radical (unpaired) electrons. The molecule has 1 fully saturated rings. The number of allylic oxidation sites excluding steroid dienone is 2. The Bertz CT molecular complexity index is 361. The summed E-state index contributed by atoms with van der Waals surface area (Å²) in [6, 6.07) is -0.639. The molecule has 2 atom stereocenters. The van der Waals surface area contributed by atoms with Crippen molar-refractivity contribution in [2.45, 2.75) is 44.0 Å². The van der Waals surface area contributed by atoms with Crippen LogP contribution in [0.2, 0.25) is 0 Å². The second-order valence-electron chi connectivity index (χ2n) is 4.82. The van der Waals surface area contributed by atoms with Gasteiger partial charge in [-0.25, -0.2) is 4.79 Å². The van der Waals surface area contributed by atoms with Crippen LogP contribution >= 0.6 is 11.8 Å². The van der Waals surface area contributed by atoms with Crippen LogP contribution in [0.1, 0.15) is 32.6 Å². The highest BCUT2D eigenvalue weighted by atomic mass is 32.2. The number of amides is 1. The van der Waals surface area contributed by atoms with E-state index in [0.29, 0.717) is 5.75 Å². The van der Waals surface area contributed by atoms with E-state index in [-0.39, 0.29) is 17.2 Å². The molecule has 2 aliphatic rings. The minimum atomic E-state index is -0.875. The van der Waals surface area contributed by atoms with Crippen LogP contribution in [0.4, 0.5) is 0 Å². The van der Waals surface area contributed by atoms with Crippen LogP contribution in [0, 0.1) is 5.92 Å². The highest BCUT2D eigenvalue weighted by Crippen LogP contribution is 2.35. The zero-order valence-electron chi connectivity index (χ0n) is 10.5. The van der Waals surface area contributed by atoms with Crippen LogP contribution in [0.5, 0.6) is 0 Å². The van der Waals surface area contributed by atoms with Gasteiger partial charge in [-0.1, -0.05) is 25.5 Å². The van der Waals surface area contributed by atoms with Gasteiger partial charge in [0.25, 0.3) is 0 Å². The third kappa shape index (κ3) is 2.55. The molecule has 1 N–H and O–H groups in total. The van der Waals surface area contributed by atoms with Crippen LogP contribution in [0.15, 0.2) is 12.2 Å². The van der Waals surface area contributed by atoms with E-state index in [4.69, 9.17) is 0 Å². The molecule has 5 heteroatoms. The molecule has 1 saturated heterocycles. The van der Waals surface area contributed by atoms with Gasteiger partial charge in [0.2, 0.25) is 5.91 Å².